The Morgan fingerprint density at radius 3 is 2.64 bits per heavy atom. The van der Waals surface area contributed by atoms with Crippen LogP contribution in [0.4, 0.5) is 0 Å². The number of thioether (sulfide) groups is 1. The predicted octanol–water partition coefficient (Wildman–Crippen LogP) is 4.20. The molecule has 0 aliphatic carbocycles. The van der Waals surface area contributed by atoms with Crippen LogP contribution in [0.3, 0.4) is 0 Å². The molecule has 0 fully saturated rings. The van der Waals surface area contributed by atoms with Gasteiger partial charge in [0, 0.05) is 10.3 Å². The first-order valence-electron chi connectivity index (χ1n) is 7.53. The average Bonchev–Trinajstić information content (AvgIpc) is 3.09. The van der Waals surface area contributed by atoms with E-state index >= 15 is 0 Å². The molecule has 0 N–H and O–H groups in total. The molecule has 6 heteroatoms. The number of carbonyl (C=O) groups excluding carboxylic acids is 2. The highest BCUT2D eigenvalue weighted by molar-refractivity contribution is 7.98. The summed E-state index contributed by atoms with van der Waals surface area (Å²) >= 11 is 1.54. The Balaban J connectivity index is 1.70. The van der Waals surface area contributed by atoms with Crippen LogP contribution in [-0.2, 0) is 4.74 Å². The standard InChI is InChI=1S/C19H16O5S/c1-22-17-10-13(25-2)7-8-14(17)19(21)23-11-15(20)18-9-12-5-3-4-6-16(12)24-18/h3-10H,11H2,1-2H3. The second kappa shape index (κ2) is 7.44. The number of fused-ring (bicyclic) bond motifs is 1. The summed E-state index contributed by atoms with van der Waals surface area (Å²) in [5.41, 5.74) is 0.893. The van der Waals surface area contributed by atoms with Crippen LogP contribution in [0.25, 0.3) is 11.0 Å². The van der Waals surface area contributed by atoms with E-state index in [0.29, 0.717) is 11.3 Å². The zero-order chi connectivity index (χ0) is 17.8. The number of methoxy groups -OCH3 is 1. The quantitative estimate of drug-likeness (QED) is 0.375. The molecule has 0 radical (unpaired) electrons. The molecule has 5 nitrogen and oxygen atoms in total. The van der Waals surface area contributed by atoms with Crippen LogP contribution in [0.1, 0.15) is 20.9 Å². The Morgan fingerprint density at radius 2 is 1.92 bits per heavy atom. The fourth-order valence-electron chi connectivity index (χ4n) is 2.37. The number of para-hydroxylation sites is 1. The first-order chi connectivity index (χ1) is 12.1. The van der Waals surface area contributed by atoms with Crippen molar-refractivity contribution < 1.29 is 23.5 Å². The maximum absolute atomic E-state index is 12.2. The summed E-state index contributed by atoms with van der Waals surface area (Å²) in [4.78, 5) is 25.4. The van der Waals surface area contributed by atoms with E-state index in [1.165, 1.54) is 18.9 Å². The number of hydrogen-bond donors (Lipinski definition) is 0. The lowest BCUT2D eigenvalue weighted by Gasteiger charge is -2.09. The molecule has 0 atom stereocenters. The van der Waals surface area contributed by atoms with Gasteiger partial charge in [-0.15, -0.1) is 11.8 Å². The van der Waals surface area contributed by atoms with Gasteiger partial charge in [0.25, 0.3) is 0 Å². The van der Waals surface area contributed by atoms with Crippen LogP contribution in [0, 0.1) is 0 Å². The Morgan fingerprint density at radius 1 is 1.12 bits per heavy atom. The van der Waals surface area contributed by atoms with Gasteiger partial charge in [0.15, 0.2) is 12.4 Å². The topological polar surface area (TPSA) is 65.7 Å². The summed E-state index contributed by atoms with van der Waals surface area (Å²) in [5.74, 6) is -0.440. The molecule has 1 heterocycles. The van der Waals surface area contributed by atoms with E-state index in [0.717, 1.165) is 10.3 Å². The van der Waals surface area contributed by atoms with Gasteiger partial charge in [-0.3, -0.25) is 4.79 Å². The third-order valence-corrected chi connectivity index (χ3v) is 4.39. The van der Waals surface area contributed by atoms with Crippen molar-refractivity contribution in [1.82, 2.24) is 0 Å². The van der Waals surface area contributed by atoms with E-state index in [9.17, 15) is 9.59 Å². The Kier molecular flexibility index (Phi) is 5.09. The van der Waals surface area contributed by atoms with Crippen molar-refractivity contribution in [3.05, 3.63) is 59.9 Å². The summed E-state index contributed by atoms with van der Waals surface area (Å²) in [6, 6.07) is 14.1. The number of ether oxygens (including phenoxy) is 2. The molecular weight excluding hydrogens is 340 g/mol. The summed E-state index contributed by atoms with van der Waals surface area (Å²) in [7, 11) is 1.48. The first-order valence-corrected chi connectivity index (χ1v) is 8.76. The van der Waals surface area contributed by atoms with Gasteiger partial charge in [-0.1, -0.05) is 18.2 Å². The molecule has 0 aliphatic heterocycles. The highest BCUT2D eigenvalue weighted by Crippen LogP contribution is 2.26. The molecule has 0 bridgehead atoms. The smallest absolute Gasteiger partial charge is 0.342 e. The molecule has 0 amide bonds. The van der Waals surface area contributed by atoms with E-state index in [4.69, 9.17) is 13.9 Å². The van der Waals surface area contributed by atoms with Gasteiger partial charge in [-0.05, 0) is 36.6 Å². The minimum absolute atomic E-state index is 0.165. The Labute approximate surface area is 148 Å². The Bertz CT molecular complexity index is 895. The van der Waals surface area contributed by atoms with Gasteiger partial charge in [0.05, 0.1) is 7.11 Å². The lowest BCUT2D eigenvalue weighted by molar-refractivity contribution is 0.0465. The number of esters is 1. The van der Waals surface area contributed by atoms with Crippen molar-refractivity contribution in [3.63, 3.8) is 0 Å². The molecule has 25 heavy (non-hydrogen) atoms. The molecular formula is C19H16O5S. The Hall–Kier alpha value is -2.73. The zero-order valence-electron chi connectivity index (χ0n) is 13.8. The third kappa shape index (κ3) is 3.69. The van der Waals surface area contributed by atoms with E-state index < -0.39 is 18.4 Å². The third-order valence-electron chi connectivity index (χ3n) is 3.66. The number of hydrogen-bond acceptors (Lipinski definition) is 6. The van der Waals surface area contributed by atoms with Crippen LogP contribution >= 0.6 is 11.8 Å². The van der Waals surface area contributed by atoms with Crippen LogP contribution in [0.15, 0.2) is 57.8 Å². The van der Waals surface area contributed by atoms with Gasteiger partial charge < -0.3 is 13.9 Å². The van der Waals surface area contributed by atoms with Gasteiger partial charge in [0.2, 0.25) is 5.78 Å². The van der Waals surface area contributed by atoms with Crippen LogP contribution in [-0.4, -0.2) is 31.7 Å². The van der Waals surface area contributed by atoms with Gasteiger partial charge in [0.1, 0.15) is 16.9 Å². The van der Waals surface area contributed by atoms with Crippen molar-refractivity contribution in [2.24, 2.45) is 0 Å². The van der Waals surface area contributed by atoms with Crippen molar-refractivity contribution >= 4 is 34.5 Å². The zero-order valence-corrected chi connectivity index (χ0v) is 14.6. The highest BCUT2D eigenvalue weighted by atomic mass is 32.2. The number of furan rings is 1. The monoisotopic (exact) mass is 356 g/mol. The van der Waals surface area contributed by atoms with Crippen LogP contribution in [0.5, 0.6) is 5.75 Å². The van der Waals surface area contributed by atoms with Crippen LogP contribution in [0.2, 0.25) is 0 Å². The van der Waals surface area contributed by atoms with E-state index in [1.54, 1.807) is 30.3 Å². The minimum atomic E-state index is -0.617. The molecule has 3 aromatic rings. The summed E-state index contributed by atoms with van der Waals surface area (Å²) in [6.45, 7) is -0.397. The molecule has 0 saturated carbocycles. The fourth-order valence-corrected chi connectivity index (χ4v) is 2.80. The van der Waals surface area contributed by atoms with Crippen molar-refractivity contribution in [3.8, 4) is 5.75 Å². The van der Waals surface area contributed by atoms with Gasteiger partial charge >= 0.3 is 5.97 Å². The molecule has 0 saturated heterocycles. The molecule has 2 aromatic carbocycles. The number of benzene rings is 2. The fraction of sp³-hybridized carbons (Fsp3) is 0.158. The maximum Gasteiger partial charge on any atom is 0.342 e. The molecule has 1 aromatic heterocycles. The second-order valence-electron chi connectivity index (χ2n) is 5.21. The molecule has 128 valence electrons. The van der Waals surface area contributed by atoms with Gasteiger partial charge in [-0.2, -0.15) is 0 Å². The van der Waals surface area contributed by atoms with Gasteiger partial charge in [-0.25, -0.2) is 4.79 Å². The van der Waals surface area contributed by atoms with E-state index in [1.807, 2.05) is 24.5 Å². The van der Waals surface area contributed by atoms with Crippen molar-refractivity contribution in [2.45, 2.75) is 4.90 Å². The molecule has 0 unspecified atom stereocenters. The number of Topliss-reactive ketones (excluding diaryl/α,β-unsaturated/α-hetero) is 1. The lowest BCUT2D eigenvalue weighted by atomic mass is 10.2. The largest absolute Gasteiger partial charge is 0.496 e. The number of rotatable bonds is 6. The summed E-state index contributed by atoms with van der Waals surface area (Å²) in [6.07, 6.45) is 1.93. The van der Waals surface area contributed by atoms with Crippen molar-refractivity contribution in [2.75, 3.05) is 20.0 Å². The summed E-state index contributed by atoms with van der Waals surface area (Å²) < 4.78 is 15.8. The molecule has 3 rings (SSSR count). The predicted molar refractivity (Wildman–Crippen MR) is 95.6 cm³/mol. The molecule has 0 spiro atoms. The lowest BCUT2D eigenvalue weighted by Crippen LogP contribution is -2.14. The summed E-state index contributed by atoms with van der Waals surface area (Å²) in [5, 5.41) is 0.825. The highest BCUT2D eigenvalue weighted by Gasteiger charge is 2.18. The minimum Gasteiger partial charge on any atom is -0.496 e. The number of ketones is 1. The average molecular weight is 356 g/mol. The van der Waals surface area contributed by atoms with Crippen molar-refractivity contribution in [1.29, 1.82) is 0 Å². The SMILES string of the molecule is COc1cc(SC)ccc1C(=O)OCC(=O)c1cc2ccccc2o1. The maximum atomic E-state index is 12.2. The van der Waals surface area contributed by atoms with E-state index in [2.05, 4.69) is 0 Å². The first kappa shape index (κ1) is 17.1. The molecule has 0 aliphatic rings. The van der Waals surface area contributed by atoms with Crippen LogP contribution < -0.4 is 4.74 Å². The number of carbonyl (C=O) groups is 2. The second-order valence-corrected chi connectivity index (χ2v) is 6.09. The normalized spacial score (nSPS) is 10.6. The van der Waals surface area contributed by atoms with E-state index in [-0.39, 0.29) is 11.3 Å².